The molecule has 0 atom stereocenters. The van der Waals surface area contributed by atoms with Crippen molar-refractivity contribution in [3.05, 3.63) is 65.6 Å². The molecule has 0 unspecified atom stereocenters. The van der Waals surface area contributed by atoms with E-state index in [0.29, 0.717) is 23.7 Å². The van der Waals surface area contributed by atoms with E-state index < -0.39 is 0 Å². The number of anilines is 1. The minimum Gasteiger partial charge on any atom is -0.361 e. The van der Waals surface area contributed by atoms with Crippen LogP contribution in [0.15, 0.2) is 47.2 Å². The summed E-state index contributed by atoms with van der Waals surface area (Å²) in [6.45, 7) is 4.02. The minimum absolute atomic E-state index is 0.301. The number of nitrogens with one attached hydrogen (secondary N) is 1. The van der Waals surface area contributed by atoms with Crippen molar-refractivity contribution in [3.63, 3.8) is 0 Å². The molecule has 3 rings (SSSR count). The molecule has 2 amide bonds. The molecule has 0 aliphatic rings. The molecule has 130 valence electrons. The molecule has 0 aliphatic heterocycles. The van der Waals surface area contributed by atoms with E-state index in [1.165, 1.54) is 17.0 Å². The van der Waals surface area contributed by atoms with Gasteiger partial charge in [-0.15, -0.1) is 0 Å². The lowest BCUT2D eigenvalue weighted by atomic mass is 10.2. The third-order valence-corrected chi connectivity index (χ3v) is 4.00. The standard InChI is InChI=1S/C18H19FN4O2/c1-12-15(13(2)25-21-12)11-22(3)18(24)20-14-6-7-16(19)17(10-14)23-8-4-5-9-23/h4-10H,11H2,1-3H3,(H,20,24). The maximum absolute atomic E-state index is 14.0. The second kappa shape index (κ2) is 6.80. The van der Waals surface area contributed by atoms with E-state index in [4.69, 9.17) is 4.52 Å². The van der Waals surface area contributed by atoms with E-state index in [0.717, 1.165) is 11.3 Å². The van der Waals surface area contributed by atoms with Crippen LogP contribution in [0.1, 0.15) is 17.0 Å². The van der Waals surface area contributed by atoms with Crippen LogP contribution < -0.4 is 5.32 Å². The molecule has 0 fully saturated rings. The number of benzene rings is 1. The van der Waals surface area contributed by atoms with Crippen LogP contribution >= 0.6 is 0 Å². The highest BCUT2D eigenvalue weighted by Crippen LogP contribution is 2.20. The molecular formula is C18H19FN4O2. The molecule has 1 aromatic carbocycles. The Balaban J connectivity index is 1.73. The van der Waals surface area contributed by atoms with Crippen molar-refractivity contribution in [2.75, 3.05) is 12.4 Å². The molecule has 0 aliphatic carbocycles. The number of rotatable bonds is 4. The highest BCUT2D eigenvalue weighted by molar-refractivity contribution is 5.89. The van der Waals surface area contributed by atoms with Crippen molar-refractivity contribution < 1.29 is 13.7 Å². The summed E-state index contributed by atoms with van der Waals surface area (Å²) in [6.07, 6.45) is 3.49. The Morgan fingerprint density at radius 2 is 2.04 bits per heavy atom. The predicted octanol–water partition coefficient (Wildman–Crippen LogP) is 3.89. The molecule has 0 bridgehead atoms. The highest BCUT2D eigenvalue weighted by atomic mass is 19.1. The van der Waals surface area contributed by atoms with Crippen molar-refractivity contribution >= 4 is 11.7 Å². The van der Waals surface area contributed by atoms with Gasteiger partial charge in [0.15, 0.2) is 0 Å². The first kappa shape index (κ1) is 16.8. The molecule has 1 N–H and O–H groups in total. The minimum atomic E-state index is -0.363. The molecular weight excluding hydrogens is 323 g/mol. The second-order valence-corrected chi connectivity index (χ2v) is 5.85. The van der Waals surface area contributed by atoms with Crippen LogP contribution in [-0.4, -0.2) is 27.7 Å². The van der Waals surface area contributed by atoms with Gasteiger partial charge < -0.3 is 19.3 Å². The van der Waals surface area contributed by atoms with Gasteiger partial charge in [-0.25, -0.2) is 9.18 Å². The molecule has 2 heterocycles. The summed E-state index contributed by atoms with van der Waals surface area (Å²) in [6, 6.07) is 7.77. The van der Waals surface area contributed by atoms with E-state index in [1.54, 1.807) is 30.1 Å². The first-order valence-electron chi connectivity index (χ1n) is 7.82. The van der Waals surface area contributed by atoms with Crippen LogP contribution in [0, 0.1) is 19.7 Å². The van der Waals surface area contributed by atoms with E-state index >= 15 is 0 Å². The summed E-state index contributed by atoms with van der Waals surface area (Å²) in [5, 5.41) is 6.66. The largest absolute Gasteiger partial charge is 0.361 e. The molecule has 0 spiro atoms. The molecule has 2 aromatic heterocycles. The van der Waals surface area contributed by atoms with E-state index in [-0.39, 0.29) is 11.8 Å². The Bertz CT molecular complexity index is 867. The average Bonchev–Trinajstić information content (AvgIpc) is 3.22. The summed E-state index contributed by atoms with van der Waals surface area (Å²) in [5.74, 6) is 0.326. The number of carbonyl (C=O) groups excluding carboxylic acids is 1. The Morgan fingerprint density at radius 3 is 2.68 bits per heavy atom. The molecule has 25 heavy (non-hydrogen) atoms. The van der Waals surface area contributed by atoms with Crippen LogP contribution in [0.2, 0.25) is 0 Å². The maximum Gasteiger partial charge on any atom is 0.321 e. The molecule has 0 radical (unpaired) electrons. The number of amides is 2. The first-order valence-corrected chi connectivity index (χ1v) is 7.82. The first-order chi connectivity index (χ1) is 12.0. The lowest BCUT2D eigenvalue weighted by molar-refractivity contribution is 0.220. The molecule has 6 nitrogen and oxygen atoms in total. The van der Waals surface area contributed by atoms with Gasteiger partial charge in [-0.1, -0.05) is 5.16 Å². The fourth-order valence-corrected chi connectivity index (χ4v) is 2.54. The number of hydrogen-bond donors (Lipinski definition) is 1. The van der Waals surface area contributed by atoms with E-state index in [9.17, 15) is 9.18 Å². The monoisotopic (exact) mass is 342 g/mol. The van der Waals surface area contributed by atoms with Crippen LogP contribution in [0.5, 0.6) is 0 Å². The van der Waals surface area contributed by atoms with Crippen LogP contribution in [-0.2, 0) is 6.54 Å². The van der Waals surface area contributed by atoms with Gasteiger partial charge in [0.25, 0.3) is 0 Å². The van der Waals surface area contributed by atoms with Crippen LogP contribution in [0.3, 0.4) is 0 Å². The lowest BCUT2D eigenvalue weighted by Crippen LogP contribution is -2.31. The zero-order chi connectivity index (χ0) is 18.0. The predicted molar refractivity (Wildman–Crippen MR) is 92.2 cm³/mol. The molecule has 3 aromatic rings. The summed E-state index contributed by atoms with van der Waals surface area (Å²) in [5.41, 5.74) is 2.52. The van der Waals surface area contributed by atoms with Crippen LogP contribution in [0.4, 0.5) is 14.9 Å². The zero-order valence-electron chi connectivity index (χ0n) is 14.3. The van der Waals surface area contributed by atoms with Gasteiger partial charge in [0.1, 0.15) is 11.6 Å². The Labute approximate surface area is 144 Å². The van der Waals surface area contributed by atoms with Gasteiger partial charge in [-0.2, -0.15) is 0 Å². The van der Waals surface area contributed by atoms with E-state index in [1.807, 2.05) is 26.0 Å². The van der Waals surface area contributed by atoms with Crippen molar-refractivity contribution in [2.24, 2.45) is 0 Å². The summed E-state index contributed by atoms with van der Waals surface area (Å²) in [7, 11) is 1.68. The summed E-state index contributed by atoms with van der Waals surface area (Å²) < 4.78 is 20.8. The highest BCUT2D eigenvalue weighted by Gasteiger charge is 2.16. The van der Waals surface area contributed by atoms with Gasteiger partial charge >= 0.3 is 6.03 Å². The molecule has 7 heteroatoms. The number of aromatic nitrogens is 2. The average molecular weight is 342 g/mol. The quantitative estimate of drug-likeness (QED) is 0.782. The smallest absolute Gasteiger partial charge is 0.321 e. The Kier molecular flexibility index (Phi) is 4.56. The van der Waals surface area contributed by atoms with Crippen molar-refractivity contribution in [1.82, 2.24) is 14.6 Å². The van der Waals surface area contributed by atoms with Gasteiger partial charge in [0.2, 0.25) is 0 Å². The van der Waals surface area contributed by atoms with Crippen molar-refractivity contribution in [2.45, 2.75) is 20.4 Å². The van der Waals surface area contributed by atoms with Gasteiger partial charge in [0, 0.05) is 30.7 Å². The van der Waals surface area contributed by atoms with Gasteiger partial charge in [-0.3, -0.25) is 0 Å². The third-order valence-electron chi connectivity index (χ3n) is 4.00. The maximum atomic E-state index is 14.0. The Hall–Kier alpha value is -3.09. The number of urea groups is 1. The van der Waals surface area contributed by atoms with Crippen LogP contribution in [0.25, 0.3) is 5.69 Å². The summed E-state index contributed by atoms with van der Waals surface area (Å²) in [4.78, 5) is 13.9. The van der Waals surface area contributed by atoms with Crippen molar-refractivity contribution in [1.29, 1.82) is 0 Å². The topological polar surface area (TPSA) is 63.3 Å². The number of aryl methyl sites for hydroxylation is 2. The van der Waals surface area contributed by atoms with Gasteiger partial charge in [0.05, 0.1) is 17.9 Å². The van der Waals surface area contributed by atoms with Crippen molar-refractivity contribution in [3.8, 4) is 5.69 Å². The fraction of sp³-hybridized carbons (Fsp3) is 0.222. The van der Waals surface area contributed by atoms with Gasteiger partial charge in [-0.05, 0) is 44.2 Å². The SMILES string of the molecule is Cc1noc(C)c1CN(C)C(=O)Nc1ccc(F)c(-n2cccc2)c1. The number of nitrogens with zero attached hydrogens (tertiary/aromatic N) is 3. The third kappa shape index (κ3) is 3.55. The number of carbonyl (C=O) groups is 1. The number of halogens is 1. The normalized spacial score (nSPS) is 10.7. The molecule has 0 saturated heterocycles. The fourth-order valence-electron chi connectivity index (χ4n) is 2.54. The number of hydrogen-bond acceptors (Lipinski definition) is 3. The zero-order valence-corrected chi connectivity index (χ0v) is 14.3. The Morgan fingerprint density at radius 1 is 1.32 bits per heavy atom. The lowest BCUT2D eigenvalue weighted by Gasteiger charge is -2.18. The van der Waals surface area contributed by atoms with E-state index in [2.05, 4.69) is 10.5 Å². The second-order valence-electron chi connectivity index (χ2n) is 5.85. The summed E-state index contributed by atoms with van der Waals surface area (Å²) >= 11 is 0. The molecule has 0 saturated carbocycles.